The van der Waals surface area contributed by atoms with Crippen LogP contribution in [-0.2, 0) is 13.1 Å². The summed E-state index contributed by atoms with van der Waals surface area (Å²) in [5, 5.41) is 0.942. The molecule has 0 unspecified atom stereocenters. The van der Waals surface area contributed by atoms with Gasteiger partial charge < -0.3 is 9.47 Å². The van der Waals surface area contributed by atoms with Crippen LogP contribution >= 0.6 is 39.1 Å². The van der Waals surface area contributed by atoms with Crippen LogP contribution in [0, 0.1) is 0 Å². The van der Waals surface area contributed by atoms with Crippen LogP contribution in [-0.4, -0.2) is 21.4 Å². The molecule has 0 saturated heterocycles. The zero-order valence-corrected chi connectivity index (χ0v) is 20.3. The maximum absolute atomic E-state index is 13.6. The fourth-order valence-corrected chi connectivity index (χ4v) is 5.04. The average molecular weight is 520 g/mol. The number of carbonyl (C=O) groups is 1. The molecule has 162 valence electrons. The van der Waals surface area contributed by atoms with E-state index in [9.17, 15) is 4.79 Å². The largest absolute Gasteiger partial charge is 0.345 e. The van der Waals surface area contributed by atoms with Crippen LogP contribution in [0.4, 0.5) is 0 Å². The SMILES string of the molecule is O=C(c1ccc(Cl)cc1Cl)N(Cc1cccn1Cc1ccc(Br)cc1)C1CCCCC1. The van der Waals surface area contributed by atoms with Gasteiger partial charge in [-0.15, -0.1) is 0 Å². The number of benzene rings is 2. The van der Waals surface area contributed by atoms with Crippen molar-refractivity contribution in [1.82, 2.24) is 9.47 Å². The van der Waals surface area contributed by atoms with E-state index >= 15 is 0 Å². The third kappa shape index (κ3) is 5.54. The fraction of sp³-hybridized carbons (Fsp3) is 0.320. The van der Waals surface area contributed by atoms with Crippen molar-refractivity contribution in [2.24, 2.45) is 0 Å². The van der Waals surface area contributed by atoms with Crippen LogP contribution in [0.5, 0.6) is 0 Å². The quantitative estimate of drug-likeness (QED) is 0.329. The standard InChI is InChI=1S/C25H25BrCl2N2O/c26-19-10-8-18(9-11-19)16-29-14-4-7-22(29)17-30(21-5-2-1-3-6-21)25(31)23-13-12-20(27)15-24(23)28/h4,7-15,21H,1-3,5-6,16-17H2. The van der Waals surface area contributed by atoms with E-state index in [0.717, 1.165) is 42.4 Å². The van der Waals surface area contributed by atoms with Gasteiger partial charge in [0, 0.05) is 34.0 Å². The van der Waals surface area contributed by atoms with Gasteiger partial charge in [0.25, 0.3) is 5.91 Å². The topological polar surface area (TPSA) is 25.2 Å². The highest BCUT2D eigenvalue weighted by Gasteiger charge is 2.28. The number of hydrogen-bond donors (Lipinski definition) is 0. The molecule has 1 fully saturated rings. The second kappa shape index (κ2) is 10.2. The lowest BCUT2D eigenvalue weighted by Gasteiger charge is -2.35. The van der Waals surface area contributed by atoms with Crippen molar-refractivity contribution in [1.29, 1.82) is 0 Å². The minimum absolute atomic E-state index is 0.0232. The van der Waals surface area contributed by atoms with Crippen LogP contribution in [0.2, 0.25) is 10.0 Å². The molecule has 0 N–H and O–H groups in total. The van der Waals surface area contributed by atoms with Gasteiger partial charge in [-0.1, -0.05) is 70.5 Å². The zero-order chi connectivity index (χ0) is 21.8. The van der Waals surface area contributed by atoms with Crippen molar-refractivity contribution in [3.8, 4) is 0 Å². The molecule has 0 atom stereocenters. The highest BCUT2D eigenvalue weighted by atomic mass is 79.9. The lowest BCUT2D eigenvalue weighted by molar-refractivity contribution is 0.0609. The van der Waals surface area contributed by atoms with Gasteiger partial charge in [0.1, 0.15) is 0 Å². The summed E-state index contributed by atoms with van der Waals surface area (Å²) in [6.07, 6.45) is 7.69. The van der Waals surface area contributed by atoms with Crippen molar-refractivity contribution in [2.75, 3.05) is 0 Å². The van der Waals surface area contributed by atoms with Crippen molar-refractivity contribution in [3.63, 3.8) is 0 Å². The summed E-state index contributed by atoms with van der Waals surface area (Å²) in [5.74, 6) is -0.0232. The molecule has 2 aromatic carbocycles. The lowest BCUT2D eigenvalue weighted by atomic mass is 9.93. The first-order valence-corrected chi connectivity index (χ1v) is 12.2. The zero-order valence-electron chi connectivity index (χ0n) is 17.2. The Balaban J connectivity index is 1.60. The number of hydrogen-bond acceptors (Lipinski definition) is 1. The maximum atomic E-state index is 13.6. The monoisotopic (exact) mass is 518 g/mol. The summed E-state index contributed by atoms with van der Waals surface area (Å²) in [5.41, 5.74) is 2.85. The summed E-state index contributed by atoms with van der Waals surface area (Å²) in [7, 11) is 0. The first kappa shape index (κ1) is 22.4. The molecule has 0 aliphatic heterocycles. The number of rotatable bonds is 6. The maximum Gasteiger partial charge on any atom is 0.255 e. The number of amides is 1. The summed E-state index contributed by atoms with van der Waals surface area (Å²) in [4.78, 5) is 15.6. The molecule has 1 heterocycles. The third-order valence-corrected chi connectivity index (χ3v) is 7.04. The first-order chi connectivity index (χ1) is 15.0. The minimum Gasteiger partial charge on any atom is -0.345 e. The number of halogens is 3. The van der Waals surface area contributed by atoms with Crippen molar-refractivity contribution < 1.29 is 4.79 Å². The van der Waals surface area contributed by atoms with E-state index in [-0.39, 0.29) is 11.9 Å². The predicted molar refractivity (Wildman–Crippen MR) is 131 cm³/mol. The van der Waals surface area contributed by atoms with Gasteiger partial charge in [-0.05, 0) is 60.9 Å². The van der Waals surface area contributed by atoms with Crippen LogP contribution < -0.4 is 0 Å². The molecule has 31 heavy (non-hydrogen) atoms. The molecule has 4 rings (SSSR count). The predicted octanol–water partition coefficient (Wildman–Crippen LogP) is 7.58. The Morgan fingerprint density at radius 2 is 1.77 bits per heavy atom. The Hall–Kier alpha value is -1.75. The number of carbonyl (C=O) groups excluding carboxylic acids is 1. The molecular weight excluding hydrogens is 495 g/mol. The van der Waals surface area contributed by atoms with Gasteiger partial charge in [0.05, 0.1) is 17.1 Å². The summed E-state index contributed by atoms with van der Waals surface area (Å²) in [6, 6.07) is 17.8. The van der Waals surface area contributed by atoms with Crippen molar-refractivity contribution in [3.05, 3.63) is 92.1 Å². The van der Waals surface area contributed by atoms with Gasteiger partial charge >= 0.3 is 0 Å². The van der Waals surface area contributed by atoms with Gasteiger partial charge in [-0.3, -0.25) is 4.79 Å². The van der Waals surface area contributed by atoms with Gasteiger partial charge in [0.2, 0.25) is 0 Å². The smallest absolute Gasteiger partial charge is 0.255 e. The molecule has 3 nitrogen and oxygen atoms in total. The Kier molecular flexibility index (Phi) is 7.42. The molecule has 1 aliphatic rings. The lowest BCUT2D eigenvalue weighted by Crippen LogP contribution is -2.41. The van der Waals surface area contributed by atoms with E-state index in [1.165, 1.54) is 12.0 Å². The van der Waals surface area contributed by atoms with Crippen LogP contribution in [0.3, 0.4) is 0 Å². The van der Waals surface area contributed by atoms with E-state index in [0.29, 0.717) is 22.2 Å². The molecule has 1 saturated carbocycles. The van der Waals surface area contributed by atoms with Crippen molar-refractivity contribution >= 4 is 45.0 Å². The van der Waals surface area contributed by atoms with Crippen LogP contribution in [0.15, 0.2) is 65.3 Å². The first-order valence-electron chi connectivity index (χ1n) is 10.7. The molecule has 0 radical (unpaired) electrons. The average Bonchev–Trinajstić information content (AvgIpc) is 3.20. The Bertz CT molecular complexity index is 1040. The minimum atomic E-state index is -0.0232. The molecule has 6 heteroatoms. The van der Waals surface area contributed by atoms with E-state index in [1.54, 1.807) is 18.2 Å². The van der Waals surface area contributed by atoms with E-state index in [1.807, 2.05) is 11.0 Å². The van der Waals surface area contributed by atoms with Crippen LogP contribution in [0.1, 0.15) is 53.7 Å². The summed E-state index contributed by atoms with van der Waals surface area (Å²) >= 11 is 15.9. The Morgan fingerprint density at radius 3 is 2.48 bits per heavy atom. The van der Waals surface area contributed by atoms with E-state index in [4.69, 9.17) is 23.2 Å². The normalized spacial score (nSPS) is 14.5. The Morgan fingerprint density at radius 1 is 1.03 bits per heavy atom. The van der Waals surface area contributed by atoms with Gasteiger partial charge in [0.15, 0.2) is 0 Å². The second-order valence-corrected chi connectivity index (χ2v) is 9.86. The number of nitrogens with zero attached hydrogens (tertiary/aromatic N) is 2. The molecule has 0 spiro atoms. The highest BCUT2D eigenvalue weighted by molar-refractivity contribution is 9.10. The van der Waals surface area contributed by atoms with Gasteiger partial charge in [-0.25, -0.2) is 0 Å². The molecule has 0 bridgehead atoms. The van der Waals surface area contributed by atoms with Crippen molar-refractivity contribution in [2.45, 2.75) is 51.2 Å². The molecule has 3 aromatic rings. The highest BCUT2D eigenvalue weighted by Crippen LogP contribution is 2.29. The summed E-state index contributed by atoms with van der Waals surface area (Å²) in [6.45, 7) is 1.33. The molecular formula is C25H25BrCl2N2O. The molecule has 1 aromatic heterocycles. The second-order valence-electron chi connectivity index (χ2n) is 8.10. The molecule has 1 aliphatic carbocycles. The third-order valence-electron chi connectivity index (χ3n) is 5.96. The van der Waals surface area contributed by atoms with E-state index in [2.05, 4.69) is 57.0 Å². The van der Waals surface area contributed by atoms with E-state index < -0.39 is 0 Å². The van der Waals surface area contributed by atoms with Crippen LogP contribution in [0.25, 0.3) is 0 Å². The summed E-state index contributed by atoms with van der Waals surface area (Å²) < 4.78 is 3.29. The number of aromatic nitrogens is 1. The fourth-order valence-electron chi connectivity index (χ4n) is 4.29. The molecule has 1 amide bonds. The van der Waals surface area contributed by atoms with Gasteiger partial charge in [-0.2, -0.15) is 0 Å². The Labute approximate surface area is 202 Å².